The lowest BCUT2D eigenvalue weighted by molar-refractivity contribution is -0.386. The zero-order valence-corrected chi connectivity index (χ0v) is 12.8. The molecule has 116 valence electrons. The average molecular weight is 296 g/mol. The SMILES string of the molecule is COc1ccc([N+](=O)[O-])c([C@](C)(N)C(=O)OC(C)(C)C)c1. The molecule has 0 heterocycles. The quantitative estimate of drug-likeness (QED) is 0.518. The van der Waals surface area contributed by atoms with E-state index in [9.17, 15) is 14.9 Å². The summed E-state index contributed by atoms with van der Waals surface area (Å²) in [6.45, 7) is 6.46. The third-order valence-electron chi connectivity index (χ3n) is 2.78. The molecule has 1 rings (SSSR count). The zero-order chi connectivity index (χ0) is 16.4. The maximum atomic E-state index is 12.2. The van der Waals surface area contributed by atoms with Gasteiger partial charge in [0.05, 0.1) is 17.6 Å². The third kappa shape index (κ3) is 3.91. The van der Waals surface area contributed by atoms with Crippen LogP contribution in [-0.2, 0) is 15.1 Å². The van der Waals surface area contributed by atoms with Crippen molar-refractivity contribution < 1.29 is 19.2 Å². The van der Waals surface area contributed by atoms with Crippen molar-refractivity contribution >= 4 is 11.7 Å². The van der Waals surface area contributed by atoms with Gasteiger partial charge in [0.2, 0.25) is 0 Å². The van der Waals surface area contributed by atoms with Gasteiger partial charge in [-0.25, -0.2) is 4.79 Å². The highest BCUT2D eigenvalue weighted by molar-refractivity contribution is 5.84. The first-order valence-electron chi connectivity index (χ1n) is 6.34. The van der Waals surface area contributed by atoms with Crippen molar-refractivity contribution in [1.29, 1.82) is 0 Å². The largest absolute Gasteiger partial charge is 0.497 e. The molecular weight excluding hydrogens is 276 g/mol. The summed E-state index contributed by atoms with van der Waals surface area (Å²) in [6, 6.07) is 4.07. The van der Waals surface area contributed by atoms with E-state index in [2.05, 4.69) is 0 Å². The number of rotatable bonds is 4. The number of nitrogens with two attached hydrogens (primary N) is 1. The van der Waals surface area contributed by atoms with Gasteiger partial charge in [-0.1, -0.05) is 0 Å². The molecule has 0 aromatic heterocycles. The standard InChI is InChI=1S/C14H20N2O5/c1-13(2,3)21-12(17)14(4,15)10-8-9(20-5)6-7-11(10)16(18)19/h6-8H,15H2,1-5H3/t14-/m0/s1. The predicted octanol–water partition coefficient (Wildman–Crippen LogP) is 2.12. The van der Waals surface area contributed by atoms with Gasteiger partial charge in [0.1, 0.15) is 16.9 Å². The maximum Gasteiger partial charge on any atom is 0.331 e. The molecule has 0 aliphatic rings. The van der Waals surface area contributed by atoms with Crippen LogP contribution < -0.4 is 10.5 Å². The Hall–Kier alpha value is -2.15. The number of carbonyl (C=O) groups is 1. The van der Waals surface area contributed by atoms with Gasteiger partial charge in [0, 0.05) is 6.07 Å². The number of nitro benzene ring substituents is 1. The molecule has 0 fully saturated rings. The fourth-order valence-corrected chi connectivity index (χ4v) is 1.71. The Kier molecular flexibility index (Phi) is 4.58. The molecule has 2 N–H and O–H groups in total. The zero-order valence-electron chi connectivity index (χ0n) is 12.8. The first kappa shape index (κ1) is 16.9. The Morgan fingerprint density at radius 1 is 1.29 bits per heavy atom. The smallest absolute Gasteiger partial charge is 0.331 e. The van der Waals surface area contributed by atoms with E-state index in [1.165, 1.54) is 32.2 Å². The first-order valence-corrected chi connectivity index (χ1v) is 6.34. The topological polar surface area (TPSA) is 105 Å². The van der Waals surface area contributed by atoms with Gasteiger partial charge >= 0.3 is 5.97 Å². The lowest BCUT2D eigenvalue weighted by atomic mass is 9.91. The lowest BCUT2D eigenvalue weighted by Gasteiger charge is -2.28. The fraction of sp³-hybridized carbons (Fsp3) is 0.500. The number of ether oxygens (including phenoxy) is 2. The summed E-state index contributed by atoms with van der Waals surface area (Å²) in [4.78, 5) is 22.8. The van der Waals surface area contributed by atoms with E-state index in [-0.39, 0.29) is 11.3 Å². The molecule has 21 heavy (non-hydrogen) atoms. The van der Waals surface area contributed by atoms with Crippen LogP contribution in [0.1, 0.15) is 33.3 Å². The summed E-state index contributed by atoms with van der Waals surface area (Å²) in [6.07, 6.45) is 0. The number of benzene rings is 1. The van der Waals surface area contributed by atoms with Crippen molar-refractivity contribution in [3.05, 3.63) is 33.9 Å². The highest BCUT2D eigenvalue weighted by atomic mass is 16.6. The number of methoxy groups -OCH3 is 1. The molecule has 0 amide bonds. The summed E-state index contributed by atoms with van der Waals surface area (Å²) in [7, 11) is 1.42. The predicted molar refractivity (Wildman–Crippen MR) is 77.0 cm³/mol. The Morgan fingerprint density at radius 2 is 1.86 bits per heavy atom. The molecule has 7 nitrogen and oxygen atoms in total. The molecule has 1 atom stereocenters. The van der Waals surface area contributed by atoms with Crippen LogP contribution in [-0.4, -0.2) is 23.6 Å². The molecule has 7 heteroatoms. The van der Waals surface area contributed by atoms with Gasteiger partial charge in [0.15, 0.2) is 0 Å². The number of hydrogen-bond acceptors (Lipinski definition) is 6. The second kappa shape index (κ2) is 5.69. The third-order valence-corrected chi connectivity index (χ3v) is 2.78. The van der Waals surface area contributed by atoms with E-state index in [1.807, 2.05) is 0 Å². The van der Waals surface area contributed by atoms with E-state index in [1.54, 1.807) is 20.8 Å². The number of nitrogens with zero attached hydrogens (tertiary/aromatic N) is 1. The molecule has 0 spiro atoms. The van der Waals surface area contributed by atoms with Gasteiger partial charge < -0.3 is 15.2 Å². The number of carbonyl (C=O) groups excluding carboxylic acids is 1. The van der Waals surface area contributed by atoms with E-state index in [0.29, 0.717) is 5.75 Å². The van der Waals surface area contributed by atoms with Crippen molar-refractivity contribution in [2.24, 2.45) is 5.73 Å². The van der Waals surface area contributed by atoms with Gasteiger partial charge in [-0.05, 0) is 39.8 Å². The van der Waals surface area contributed by atoms with Gasteiger partial charge in [-0.15, -0.1) is 0 Å². The van der Waals surface area contributed by atoms with Crippen molar-refractivity contribution in [2.75, 3.05) is 7.11 Å². The highest BCUT2D eigenvalue weighted by Gasteiger charge is 2.40. The first-order chi connectivity index (χ1) is 9.49. The van der Waals surface area contributed by atoms with Crippen molar-refractivity contribution in [1.82, 2.24) is 0 Å². The Bertz CT molecular complexity index is 561. The normalized spacial score (nSPS) is 14.2. The molecule has 0 aliphatic heterocycles. The van der Waals surface area contributed by atoms with Crippen LogP contribution in [0.4, 0.5) is 5.69 Å². The molecule has 1 aromatic rings. The van der Waals surface area contributed by atoms with Crippen LogP contribution in [0.25, 0.3) is 0 Å². The molecule has 0 saturated carbocycles. The van der Waals surface area contributed by atoms with Gasteiger partial charge in [-0.2, -0.15) is 0 Å². The van der Waals surface area contributed by atoms with E-state index >= 15 is 0 Å². The van der Waals surface area contributed by atoms with E-state index in [4.69, 9.17) is 15.2 Å². The summed E-state index contributed by atoms with van der Waals surface area (Å²) in [5.41, 5.74) is 3.39. The van der Waals surface area contributed by atoms with Crippen LogP contribution in [0.5, 0.6) is 5.75 Å². The molecule has 0 unspecified atom stereocenters. The second-order valence-corrected chi connectivity index (χ2v) is 5.84. The molecule has 0 bridgehead atoms. The van der Waals surface area contributed by atoms with Gasteiger partial charge in [-0.3, -0.25) is 10.1 Å². The van der Waals surface area contributed by atoms with Crippen molar-refractivity contribution in [3.63, 3.8) is 0 Å². The van der Waals surface area contributed by atoms with Crippen molar-refractivity contribution in [2.45, 2.75) is 38.8 Å². The molecule has 1 aromatic carbocycles. The fourth-order valence-electron chi connectivity index (χ4n) is 1.71. The Balaban J connectivity index is 3.34. The van der Waals surface area contributed by atoms with Crippen molar-refractivity contribution in [3.8, 4) is 5.75 Å². The molecular formula is C14H20N2O5. The maximum absolute atomic E-state index is 12.2. The second-order valence-electron chi connectivity index (χ2n) is 5.84. The minimum absolute atomic E-state index is 0.0427. The molecule has 0 aliphatic carbocycles. The summed E-state index contributed by atoms with van der Waals surface area (Å²) in [5.74, 6) is -0.373. The number of hydrogen-bond donors (Lipinski definition) is 1. The number of esters is 1. The summed E-state index contributed by atoms with van der Waals surface area (Å²) < 4.78 is 10.3. The summed E-state index contributed by atoms with van der Waals surface area (Å²) >= 11 is 0. The lowest BCUT2D eigenvalue weighted by Crippen LogP contribution is -2.46. The minimum Gasteiger partial charge on any atom is -0.497 e. The van der Waals surface area contributed by atoms with Crippen LogP contribution in [0.3, 0.4) is 0 Å². The van der Waals surface area contributed by atoms with Crippen LogP contribution in [0, 0.1) is 10.1 Å². The van der Waals surface area contributed by atoms with Gasteiger partial charge in [0.25, 0.3) is 5.69 Å². The Labute approximate surface area is 123 Å². The molecule has 0 radical (unpaired) electrons. The Morgan fingerprint density at radius 3 is 2.29 bits per heavy atom. The van der Waals surface area contributed by atoms with Crippen LogP contribution >= 0.6 is 0 Å². The minimum atomic E-state index is -1.66. The number of nitro groups is 1. The van der Waals surface area contributed by atoms with E-state index < -0.39 is 22.0 Å². The average Bonchev–Trinajstić information content (AvgIpc) is 2.35. The van der Waals surface area contributed by atoms with Crippen LogP contribution in [0.15, 0.2) is 18.2 Å². The summed E-state index contributed by atoms with van der Waals surface area (Å²) in [5, 5.41) is 11.1. The van der Waals surface area contributed by atoms with E-state index in [0.717, 1.165) is 0 Å². The monoisotopic (exact) mass is 296 g/mol. The highest BCUT2D eigenvalue weighted by Crippen LogP contribution is 2.33. The molecule has 0 saturated heterocycles. The van der Waals surface area contributed by atoms with Crippen LogP contribution in [0.2, 0.25) is 0 Å².